The fourth-order valence-corrected chi connectivity index (χ4v) is 5.88. The summed E-state index contributed by atoms with van der Waals surface area (Å²) >= 11 is 0. The molecule has 4 heterocycles. The van der Waals surface area contributed by atoms with Crippen LogP contribution in [0.4, 0.5) is 14.5 Å². The Morgan fingerprint density at radius 2 is 1.87 bits per heavy atom. The summed E-state index contributed by atoms with van der Waals surface area (Å²) in [6.07, 6.45) is 4.29. The largest absolute Gasteiger partial charge is 0.478 e. The van der Waals surface area contributed by atoms with Crippen LogP contribution in [0.3, 0.4) is 0 Å². The number of nitrogens with zero attached hydrogens (tertiary/aromatic N) is 4. The number of carboxylic acid groups (broad SMARTS) is 1. The molecule has 39 heavy (non-hydrogen) atoms. The molecule has 0 radical (unpaired) electrons. The van der Waals surface area contributed by atoms with E-state index in [1.807, 2.05) is 17.7 Å². The maximum absolute atomic E-state index is 14.9. The molecular weight excluding hydrogens is 504 g/mol. The smallest absolute Gasteiger partial charge is 0.335 e. The summed E-state index contributed by atoms with van der Waals surface area (Å²) in [6.45, 7) is 5.35. The van der Waals surface area contributed by atoms with Crippen molar-refractivity contribution in [1.82, 2.24) is 19.0 Å². The van der Waals surface area contributed by atoms with Crippen molar-refractivity contribution in [3.05, 3.63) is 87.1 Å². The monoisotopic (exact) mass is 535 g/mol. The molecule has 0 amide bonds. The molecule has 1 saturated heterocycles. The van der Waals surface area contributed by atoms with Crippen LogP contribution in [-0.4, -0.2) is 50.2 Å². The Kier molecular flexibility index (Phi) is 6.98. The summed E-state index contributed by atoms with van der Waals surface area (Å²) in [5, 5.41) is 12.7. The van der Waals surface area contributed by atoms with E-state index in [2.05, 4.69) is 22.1 Å². The van der Waals surface area contributed by atoms with Crippen molar-refractivity contribution in [3.8, 4) is 5.69 Å². The van der Waals surface area contributed by atoms with Crippen molar-refractivity contribution in [2.24, 2.45) is 7.05 Å². The first-order valence-corrected chi connectivity index (χ1v) is 12.9. The molecule has 4 aromatic rings. The van der Waals surface area contributed by atoms with Gasteiger partial charge in [0.2, 0.25) is 0 Å². The number of likely N-dealkylation sites (tertiary alicyclic amines) is 1. The number of aromatic carboxylic acids is 1. The van der Waals surface area contributed by atoms with E-state index in [1.165, 1.54) is 16.8 Å². The first kappa shape index (κ1) is 26.6. The number of hydrogen-bond donors (Lipinski definition) is 2. The molecule has 1 fully saturated rings. The van der Waals surface area contributed by atoms with Crippen molar-refractivity contribution in [1.29, 1.82) is 0 Å². The summed E-state index contributed by atoms with van der Waals surface area (Å²) in [7, 11) is 3.49. The fraction of sp³-hybridized carbons (Fsp3) is 0.345. The highest BCUT2D eigenvalue weighted by Gasteiger charge is 2.29. The molecule has 1 aromatic carbocycles. The number of halogens is 2. The SMILES string of the molecule is CNc1cc(=O)n(-c2ccnc3c2cc([C@H](C)N2CCC(c4c(C)cc(C(=O)O)cc4F)CC2)n3C)cc1F. The zero-order chi connectivity index (χ0) is 28.0. The topological polar surface area (TPSA) is 92.4 Å². The van der Waals surface area contributed by atoms with Gasteiger partial charge >= 0.3 is 5.97 Å². The first-order valence-electron chi connectivity index (χ1n) is 12.9. The number of anilines is 1. The van der Waals surface area contributed by atoms with Gasteiger partial charge in [-0.2, -0.15) is 0 Å². The molecule has 1 aliphatic heterocycles. The van der Waals surface area contributed by atoms with E-state index in [9.17, 15) is 23.5 Å². The molecule has 1 aliphatic rings. The number of pyridine rings is 2. The Morgan fingerprint density at radius 1 is 1.15 bits per heavy atom. The molecular formula is C29H31F2N5O3. The average Bonchev–Trinajstić information content (AvgIpc) is 3.25. The molecule has 0 aliphatic carbocycles. The highest BCUT2D eigenvalue weighted by Crippen LogP contribution is 2.36. The molecule has 0 saturated carbocycles. The van der Waals surface area contributed by atoms with Crippen LogP contribution >= 0.6 is 0 Å². The number of fused-ring (bicyclic) bond motifs is 1. The van der Waals surface area contributed by atoms with Crippen molar-refractivity contribution >= 4 is 22.7 Å². The molecule has 204 valence electrons. The van der Waals surface area contributed by atoms with Gasteiger partial charge in [0.25, 0.3) is 5.56 Å². The molecule has 5 rings (SSSR count). The molecule has 3 aromatic heterocycles. The van der Waals surface area contributed by atoms with E-state index in [0.29, 0.717) is 22.5 Å². The number of hydrogen-bond acceptors (Lipinski definition) is 5. The normalized spacial score (nSPS) is 15.5. The number of carbonyl (C=O) groups is 1. The average molecular weight is 536 g/mol. The van der Waals surface area contributed by atoms with Crippen molar-refractivity contribution in [2.75, 3.05) is 25.5 Å². The Labute approximate surface area is 224 Å². The fourth-order valence-electron chi connectivity index (χ4n) is 5.88. The van der Waals surface area contributed by atoms with E-state index < -0.39 is 17.6 Å². The highest BCUT2D eigenvalue weighted by molar-refractivity contribution is 5.88. The molecule has 0 unspecified atom stereocenters. The second-order valence-corrected chi connectivity index (χ2v) is 10.2. The van der Waals surface area contributed by atoms with E-state index in [1.54, 1.807) is 32.3 Å². The number of rotatable bonds is 6. The highest BCUT2D eigenvalue weighted by atomic mass is 19.1. The summed E-state index contributed by atoms with van der Waals surface area (Å²) in [5.41, 5.74) is 3.25. The number of nitrogens with one attached hydrogen (secondary N) is 1. The Bertz CT molecular complexity index is 1610. The zero-order valence-corrected chi connectivity index (χ0v) is 22.3. The lowest BCUT2D eigenvalue weighted by Gasteiger charge is -2.37. The maximum Gasteiger partial charge on any atom is 0.335 e. The molecule has 1 atom stereocenters. The predicted molar refractivity (Wildman–Crippen MR) is 146 cm³/mol. The van der Waals surface area contributed by atoms with Gasteiger partial charge in [-0.15, -0.1) is 0 Å². The van der Waals surface area contributed by atoms with Gasteiger partial charge in [0.15, 0.2) is 5.82 Å². The first-order chi connectivity index (χ1) is 18.6. The Morgan fingerprint density at radius 3 is 2.51 bits per heavy atom. The van der Waals surface area contributed by atoms with Crippen molar-refractivity contribution < 1.29 is 18.7 Å². The second kappa shape index (κ2) is 10.3. The standard InChI is InChI=1S/C29H31F2N5O3/c1-16-11-19(29(38)39)12-21(30)27(16)18-6-9-35(10-7-18)17(2)25-13-20-24(5-8-33-28(20)34(25)4)36-15-22(31)23(32-3)14-26(36)37/h5,8,11-15,17-18,32H,6-7,9-10H2,1-4H3,(H,38,39)/t17-/m0/s1. The lowest BCUT2D eigenvalue weighted by molar-refractivity contribution is 0.0696. The van der Waals surface area contributed by atoms with E-state index in [-0.39, 0.29) is 28.8 Å². The molecule has 8 nitrogen and oxygen atoms in total. The minimum Gasteiger partial charge on any atom is -0.478 e. The summed E-state index contributed by atoms with van der Waals surface area (Å²) < 4.78 is 32.7. The van der Waals surface area contributed by atoms with Crippen LogP contribution in [0, 0.1) is 18.6 Å². The minimum absolute atomic E-state index is 0.0125. The lowest BCUT2D eigenvalue weighted by Crippen LogP contribution is -2.36. The van der Waals surface area contributed by atoms with E-state index in [0.717, 1.165) is 43.1 Å². The van der Waals surface area contributed by atoms with Gasteiger partial charge in [0, 0.05) is 43.5 Å². The van der Waals surface area contributed by atoms with Gasteiger partial charge < -0.3 is 15.0 Å². The third kappa shape index (κ3) is 4.69. The number of carboxylic acids is 1. The van der Waals surface area contributed by atoms with Gasteiger partial charge in [-0.25, -0.2) is 18.6 Å². The van der Waals surface area contributed by atoms with Crippen molar-refractivity contribution in [2.45, 2.75) is 38.6 Å². The van der Waals surface area contributed by atoms with Crippen LogP contribution in [0.5, 0.6) is 0 Å². The van der Waals surface area contributed by atoms with Gasteiger partial charge in [0.05, 0.1) is 23.1 Å². The van der Waals surface area contributed by atoms with Crippen molar-refractivity contribution in [3.63, 3.8) is 0 Å². The van der Waals surface area contributed by atoms with E-state index >= 15 is 0 Å². The lowest BCUT2D eigenvalue weighted by atomic mass is 9.85. The Balaban J connectivity index is 1.41. The zero-order valence-electron chi connectivity index (χ0n) is 22.3. The predicted octanol–water partition coefficient (Wildman–Crippen LogP) is 4.99. The molecule has 2 N–H and O–H groups in total. The van der Waals surface area contributed by atoms with E-state index in [4.69, 9.17) is 0 Å². The third-order valence-electron chi connectivity index (χ3n) is 7.97. The number of piperidine rings is 1. The van der Waals surface area contributed by atoms with Crippen LogP contribution < -0.4 is 10.9 Å². The van der Waals surface area contributed by atoms with Gasteiger partial charge in [-0.3, -0.25) is 14.3 Å². The number of aromatic nitrogens is 3. The number of benzene rings is 1. The Hall–Kier alpha value is -4.05. The van der Waals surface area contributed by atoms with Crippen LogP contribution in [0.15, 0.2) is 47.5 Å². The van der Waals surface area contributed by atoms with Crippen LogP contribution in [0.2, 0.25) is 0 Å². The second-order valence-electron chi connectivity index (χ2n) is 10.2. The summed E-state index contributed by atoms with van der Waals surface area (Å²) in [4.78, 5) is 30.9. The minimum atomic E-state index is -1.13. The third-order valence-corrected chi connectivity index (χ3v) is 7.97. The quantitative estimate of drug-likeness (QED) is 0.361. The van der Waals surface area contributed by atoms with Crippen LogP contribution in [0.1, 0.15) is 58.9 Å². The molecule has 0 spiro atoms. The van der Waals surface area contributed by atoms with Gasteiger partial charge in [-0.05, 0) is 81.1 Å². The summed E-state index contributed by atoms with van der Waals surface area (Å²) in [6, 6.07) is 7.60. The summed E-state index contributed by atoms with van der Waals surface area (Å²) in [5.74, 6) is -2.11. The van der Waals surface area contributed by atoms with Gasteiger partial charge in [0.1, 0.15) is 11.5 Å². The molecule has 0 bridgehead atoms. The molecule has 10 heteroatoms. The van der Waals surface area contributed by atoms with Crippen LogP contribution in [-0.2, 0) is 7.05 Å². The van der Waals surface area contributed by atoms with Crippen LogP contribution in [0.25, 0.3) is 16.7 Å². The number of aryl methyl sites for hydroxylation is 2. The van der Waals surface area contributed by atoms with Gasteiger partial charge in [-0.1, -0.05) is 0 Å². The maximum atomic E-state index is 14.9.